The van der Waals surface area contributed by atoms with E-state index in [-0.39, 0.29) is 12.0 Å². The summed E-state index contributed by atoms with van der Waals surface area (Å²) >= 11 is 6.30. The van der Waals surface area contributed by atoms with Crippen LogP contribution in [0.25, 0.3) is 11.4 Å². The molecule has 3 rings (SSSR count). The molecule has 3 aromatic rings. The van der Waals surface area contributed by atoms with Crippen molar-refractivity contribution in [1.82, 2.24) is 10.1 Å². The van der Waals surface area contributed by atoms with E-state index in [4.69, 9.17) is 20.9 Å². The lowest BCUT2D eigenvalue weighted by molar-refractivity contribution is 0.242. The topological polar surface area (TPSA) is 48.2 Å². The van der Waals surface area contributed by atoms with Crippen LogP contribution in [0.5, 0.6) is 5.75 Å². The molecule has 1 aromatic heterocycles. The van der Waals surface area contributed by atoms with E-state index < -0.39 is 0 Å². The SMILES string of the molecule is CC[C@@H](c1ccccc1)c1nc(-c2ccc(OC(C)C)c(Cl)c2)no1. The van der Waals surface area contributed by atoms with Gasteiger partial charge in [0.2, 0.25) is 11.7 Å². The van der Waals surface area contributed by atoms with Crippen molar-refractivity contribution in [3.63, 3.8) is 0 Å². The van der Waals surface area contributed by atoms with Gasteiger partial charge in [-0.15, -0.1) is 0 Å². The number of rotatable bonds is 6. The standard InChI is InChI=1S/C20H21ClN2O2/c1-4-16(14-8-6-5-7-9-14)20-22-19(23-25-20)15-10-11-18(17(21)12-15)24-13(2)3/h5-13,16H,4H2,1-3H3/t16-/m0/s1. The van der Waals surface area contributed by atoms with Crippen LogP contribution in [0.3, 0.4) is 0 Å². The quantitative estimate of drug-likeness (QED) is 0.566. The third-order valence-electron chi connectivity index (χ3n) is 3.90. The minimum Gasteiger partial charge on any atom is -0.489 e. The summed E-state index contributed by atoms with van der Waals surface area (Å²) in [5.74, 6) is 1.88. The Morgan fingerprint density at radius 3 is 2.52 bits per heavy atom. The van der Waals surface area contributed by atoms with Gasteiger partial charge in [0.1, 0.15) is 5.75 Å². The third kappa shape index (κ3) is 4.02. The number of benzene rings is 2. The fourth-order valence-corrected chi connectivity index (χ4v) is 2.95. The van der Waals surface area contributed by atoms with Crippen molar-refractivity contribution < 1.29 is 9.26 Å². The molecule has 0 N–H and O–H groups in total. The highest BCUT2D eigenvalue weighted by molar-refractivity contribution is 6.32. The predicted octanol–water partition coefficient (Wildman–Crippen LogP) is 5.72. The van der Waals surface area contributed by atoms with Gasteiger partial charge in [-0.2, -0.15) is 4.98 Å². The van der Waals surface area contributed by atoms with Gasteiger partial charge in [0.05, 0.1) is 17.0 Å². The van der Waals surface area contributed by atoms with Gasteiger partial charge >= 0.3 is 0 Å². The van der Waals surface area contributed by atoms with Crippen molar-refractivity contribution in [1.29, 1.82) is 0 Å². The molecule has 130 valence electrons. The molecule has 25 heavy (non-hydrogen) atoms. The summed E-state index contributed by atoms with van der Waals surface area (Å²) in [6.45, 7) is 6.03. The van der Waals surface area contributed by atoms with Crippen LogP contribution in [0.4, 0.5) is 0 Å². The van der Waals surface area contributed by atoms with E-state index in [1.807, 2.05) is 44.2 Å². The average Bonchev–Trinajstić information content (AvgIpc) is 3.08. The van der Waals surface area contributed by atoms with E-state index in [9.17, 15) is 0 Å². The molecular weight excluding hydrogens is 336 g/mol. The number of ether oxygens (including phenoxy) is 1. The smallest absolute Gasteiger partial charge is 0.234 e. The van der Waals surface area contributed by atoms with E-state index in [0.29, 0.717) is 22.5 Å². The van der Waals surface area contributed by atoms with Gasteiger partial charge in [-0.1, -0.05) is 54.0 Å². The normalized spacial score (nSPS) is 12.4. The second-order valence-electron chi connectivity index (χ2n) is 6.14. The Labute approximate surface area is 152 Å². The van der Waals surface area contributed by atoms with Gasteiger partial charge in [0.15, 0.2) is 0 Å². The van der Waals surface area contributed by atoms with Crippen LogP contribution in [0.1, 0.15) is 44.6 Å². The molecule has 1 heterocycles. The number of nitrogens with zero attached hydrogens (tertiary/aromatic N) is 2. The molecule has 0 fully saturated rings. The zero-order valence-electron chi connectivity index (χ0n) is 14.6. The number of hydrogen-bond acceptors (Lipinski definition) is 4. The zero-order chi connectivity index (χ0) is 17.8. The first-order valence-electron chi connectivity index (χ1n) is 8.43. The lowest BCUT2D eigenvalue weighted by atomic mass is 9.96. The minimum absolute atomic E-state index is 0.0660. The van der Waals surface area contributed by atoms with Crippen LogP contribution in [0.2, 0.25) is 5.02 Å². The second kappa shape index (κ2) is 7.70. The summed E-state index contributed by atoms with van der Waals surface area (Å²) in [6, 6.07) is 15.7. The van der Waals surface area contributed by atoms with E-state index >= 15 is 0 Å². The highest BCUT2D eigenvalue weighted by atomic mass is 35.5. The number of halogens is 1. The molecule has 4 nitrogen and oxygen atoms in total. The molecule has 0 saturated heterocycles. The maximum atomic E-state index is 6.30. The van der Waals surface area contributed by atoms with Gasteiger partial charge in [0.25, 0.3) is 0 Å². The van der Waals surface area contributed by atoms with Gasteiger partial charge in [-0.3, -0.25) is 0 Å². The molecule has 0 spiro atoms. The lowest BCUT2D eigenvalue weighted by Gasteiger charge is -2.11. The highest BCUT2D eigenvalue weighted by Gasteiger charge is 2.20. The molecule has 0 aliphatic rings. The van der Waals surface area contributed by atoms with E-state index in [1.54, 1.807) is 6.07 Å². The Hall–Kier alpha value is -2.33. The molecule has 5 heteroatoms. The Balaban J connectivity index is 1.87. The first-order chi connectivity index (χ1) is 12.1. The van der Waals surface area contributed by atoms with E-state index in [1.165, 1.54) is 5.56 Å². The number of hydrogen-bond donors (Lipinski definition) is 0. The van der Waals surface area contributed by atoms with Crippen LogP contribution in [-0.2, 0) is 0 Å². The van der Waals surface area contributed by atoms with Gasteiger partial charge in [-0.25, -0.2) is 0 Å². The first kappa shape index (κ1) is 17.5. The Kier molecular flexibility index (Phi) is 5.39. The predicted molar refractivity (Wildman–Crippen MR) is 99.1 cm³/mol. The van der Waals surface area contributed by atoms with Crippen LogP contribution < -0.4 is 4.74 Å². The maximum Gasteiger partial charge on any atom is 0.234 e. The van der Waals surface area contributed by atoms with Crippen molar-refractivity contribution in [2.24, 2.45) is 0 Å². The molecule has 0 unspecified atom stereocenters. The Morgan fingerprint density at radius 2 is 1.88 bits per heavy atom. The van der Waals surface area contributed by atoms with E-state index in [0.717, 1.165) is 12.0 Å². The molecule has 0 amide bonds. The third-order valence-corrected chi connectivity index (χ3v) is 4.20. The van der Waals surface area contributed by atoms with Gasteiger partial charge in [-0.05, 0) is 44.0 Å². The van der Waals surface area contributed by atoms with Crippen molar-refractivity contribution >= 4 is 11.6 Å². The van der Waals surface area contributed by atoms with Crippen molar-refractivity contribution in [2.75, 3.05) is 0 Å². The fourth-order valence-electron chi connectivity index (χ4n) is 2.72. The molecule has 0 aliphatic heterocycles. The van der Waals surface area contributed by atoms with Crippen molar-refractivity contribution in [3.05, 3.63) is 65.0 Å². The second-order valence-corrected chi connectivity index (χ2v) is 6.55. The van der Waals surface area contributed by atoms with Gasteiger partial charge < -0.3 is 9.26 Å². The molecule has 0 bridgehead atoms. The lowest BCUT2D eigenvalue weighted by Crippen LogP contribution is -2.05. The maximum absolute atomic E-state index is 6.30. The first-order valence-corrected chi connectivity index (χ1v) is 8.81. The molecule has 0 radical (unpaired) electrons. The van der Waals surface area contributed by atoms with Crippen LogP contribution in [0, 0.1) is 0 Å². The number of aromatic nitrogens is 2. The largest absolute Gasteiger partial charge is 0.489 e. The van der Waals surface area contributed by atoms with Crippen LogP contribution in [-0.4, -0.2) is 16.2 Å². The van der Waals surface area contributed by atoms with Gasteiger partial charge in [0, 0.05) is 5.56 Å². The van der Waals surface area contributed by atoms with Crippen molar-refractivity contribution in [2.45, 2.75) is 39.2 Å². The summed E-state index contributed by atoms with van der Waals surface area (Å²) in [7, 11) is 0. The van der Waals surface area contributed by atoms with Crippen LogP contribution in [0.15, 0.2) is 53.1 Å². The fraction of sp³-hybridized carbons (Fsp3) is 0.300. The Morgan fingerprint density at radius 1 is 1.12 bits per heavy atom. The summed E-state index contributed by atoms with van der Waals surface area (Å²) < 4.78 is 11.2. The summed E-state index contributed by atoms with van der Waals surface area (Å²) in [5, 5.41) is 4.66. The average molecular weight is 357 g/mol. The molecular formula is C20H21ClN2O2. The Bertz CT molecular complexity index is 831. The van der Waals surface area contributed by atoms with Crippen molar-refractivity contribution in [3.8, 4) is 17.1 Å². The zero-order valence-corrected chi connectivity index (χ0v) is 15.3. The highest BCUT2D eigenvalue weighted by Crippen LogP contribution is 2.32. The summed E-state index contributed by atoms with van der Waals surface area (Å²) in [6.07, 6.45) is 0.949. The summed E-state index contributed by atoms with van der Waals surface area (Å²) in [5.41, 5.74) is 1.97. The van der Waals surface area contributed by atoms with E-state index in [2.05, 4.69) is 29.2 Å². The minimum atomic E-state index is 0.0660. The molecule has 1 atom stereocenters. The monoisotopic (exact) mass is 356 g/mol. The molecule has 0 aliphatic carbocycles. The summed E-state index contributed by atoms with van der Waals surface area (Å²) in [4.78, 5) is 4.58. The molecule has 2 aromatic carbocycles. The molecule has 0 saturated carbocycles. The van der Waals surface area contributed by atoms with Crippen LogP contribution >= 0.6 is 11.6 Å².